The molecule has 2 heterocycles. The molecule has 1 aliphatic heterocycles. The Hall–Kier alpha value is -3.08. The zero-order chi connectivity index (χ0) is 19.5. The molecule has 1 aromatic heterocycles. The molecule has 2 aromatic carbocycles. The topological polar surface area (TPSA) is 36.7 Å². The van der Waals surface area contributed by atoms with Crippen molar-refractivity contribution in [1.82, 2.24) is 14.8 Å². The lowest BCUT2D eigenvalue weighted by atomic mass is 10.2. The molecule has 3 aromatic rings. The van der Waals surface area contributed by atoms with E-state index in [9.17, 15) is 0 Å². The van der Waals surface area contributed by atoms with E-state index in [1.165, 1.54) is 11.3 Å². The normalized spacial score (nSPS) is 14.8. The number of aromatic nitrogens is 2. The van der Waals surface area contributed by atoms with Crippen molar-refractivity contribution in [3.05, 3.63) is 77.1 Å². The summed E-state index contributed by atoms with van der Waals surface area (Å²) in [5.74, 6) is 0. The van der Waals surface area contributed by atoms with Gasteiger partial charge in [-0.15, -0.1) is 0 Å². The van der Waals surface area contributed by atoms with E-state index in [2.05, 4.69) is 60.2 Å². The summed E-state index contributed by atoms with van der Waals surface area (Å²) in [6, 6.07) is 19.0. The number of benzene rings is 2. The summed E-state index contributed by atoms with van der Waals surface area (Å²) in [6.07, 6.45) is 1.97. The molecule has 5 heteroatoms. The summed E-state index contributed by atoms with van der Waals surface area (Å²) >= 11 is 0. The molecule has 0 aliphatic carbocycles. The van der Waals surface area contributed by atoms with Crippen LogP contribution in [0.2, 0.25) is 0 Å². The first-order valence-electron chi connectivity index (χ1n) is 9.84. The number of hydrogen-bond acceptors (Lipinski definition) is 4. The average Bonchev–Trinajstić information content (AvgIpc) is 3.02. The number of para-hydroxylation sites is 1. The van der Waals surface area contributed by atoms with Gasteiger partial charge in [0, 0.05) is 24.3 Å². The number of rotatable bonds is 4. The largest absolute Gasteiger partial charge is 0.368 e. The third-order valence-electron chi connectivity index (χ3n) is 5.35. The molecule has 1 fully saturated rings. The standard InChI is InChI=1S/C23H27N5/c1-18-9-11-21(12-10-18)26-13-15-27(16-14-26)24-17-23-19(2)25-28(20(23)3)22-7-5-4-6-8-22/h4-12,17H,13-16H2,1-3H3. The summed E-state index contributed by atoms with van der Waals surface area (Å²) in [5, 5.41) is 11.6. The molecule has 0 atom stereocenters. The molecule has 0 spiro atoms. The van der Waals surface area contributed by atoms with Crippen molar-refractivity contribution in [2.24, 2.45) is 5.10 Å². The second-order valence-electron chi connectivity index (χ2n) is 7.35. The van der Waals surface area contributed by atoms with Crippen molar-refractivity contribution in [3.63, 3.8) is 0 Å². The van der Waals surface area contributed by atoms with Gasteiger partial charge in [0.15, 0.2) is 0 Å². The monoisotopic (exact) mass is 373 g/mol. The number of hydrogen-bond donors (Lipinski definition) is 0. The van der Waals surface area contributed by atoms with Crippen LogP contribution in [0.15, 0.2) is 59.7 Å². The Labute approximate surface area is 166 Å². The first-order valence-corrected chi connectivity index (χ1v) is 9.84. The first kappa shape index (κ1) is 18.3. The van der Waals surface area contributed by atoms with Crippen LogP contribution in [-0.4, -0.2) is 47.2 Å². The van der Waals surface area contributed by atoms with Crippen LogP contribution in [0.4, 0.5) is 5.69 Å². The molecule has 0 bridgehead atoms. The minimum absolute atomic E-state index is 0.926. The van der Waals surface area contributed by atoms with Gasteiger partial charge in [0.05, 0.1) is 36.4 Å². The summed E-state index contributed by atoms with van der Waals surface area (Å²) in [4.78, 5) is 2.43. The average molecular weight is 374 g/mol. The Balaban J connectivity index is 1.43. The molecule has 1 aliphatic rings. The van der Waals surface area contributed by atoms with Gasteiger partial charge in [0.2, 0.25) is 0 Å². The van der Waals surface area contributed by atoms with Crippen LogP contribution in [0.5, 0.6) is 0 Å². The lowest BCUT2D eigenvalue weighted by Crippen LogP contribution is -2.44. The van der Waals surface area contributed by atoms with Crippen molar-refractivity contribution in [3.8, 4) is 5.69 Å². The SMILES string of the molecule is Cc1ccc(N2CCN(N=Cc3c(C)nn(-c4ccccc4)c3C)CC2)cc1. The molecule has 1 saturated heterocycles. The molecule has 0 unspecified atom stereocenters. The summed E-state index contributed by atoms with van der Waals surface area (Å²) in [6.45, 7) is 10.1. The quantitative estimate of drug-likeness (QED) is 0.650. The van der Waals surface area contributed by atoms with Gasteiger partial charge in [-0.2, -0.15) is 10.2 Å². The molecular weight excluding hydrogens is 346 g/mol. The van der Waals surface area contributed by atoms with Gasteiger partial charge in [-0.3, -0.25) is 5.01 Å². The zero-order valence-corrected chi connectivity index (χ0v) is 16.8. The van der Waals surface area contributed by atoms with Gasteiger partial charge in [0.1, 0.15) is 0 Å². The number of piperazine rings is 1. The van der Waals surface area contributed by atoms with Crippen molar-refractivity contribution in [2.45, 2.75) is 20.8 Å². The van der Waals surface area contributed by atoms with Crippen LogP contribution >= 0.6 is 0 Å². The maximum atomic E-state index is 4.75. The fourth-order valence-electron chi connectivity index (χ4n) is 3.63. The fraction of sp³-hybridized carbons (Fsp3) is 0.304. The van der Waals surface area contributed by atoms with Crippen LogP contribution in [0.1, 0.15) is 22.5 Å². The van der Waals surface area contributed by atoms with Crippen LogP contribution in [0.3, 0.4) is 0 Å². The summed E-state index contributed by atoms with van der Waals surface area (Å²) in [7, 11) is 0. The van der Waals surface area contributed by atoms with E-state index < -0.39 is 0 Å². The van der Waals surface area contributed by atoms with Gasteiger partial charge < -0.3 is 4.90 Å². The Kier molecular flexibility index (Phi) is 5.15. The molecule has 4 rings (SSSR count). The van der Waals surface area contributed by atoms with Crippen LogP contribution in [0.25, 0.3) is 5.69 Å². The predicted molar refractivity (Wildman–Crippen MR) is 116 cm³/mol. The third-order valence-corrected chi connectivity index (χ3v) is 5.35. The fourth-order valence-corrected chi connectivity index (χ4v) is 3.63. The maximum Gasteiger partial charge on any atom is 0.0689 e. The zero-order valence-electron chi connectivity index (χ0n) is 16.8. The Bertz CT molecular complexity index is 949. The van der Waals surface area contributed by atoms with E-state index in [0.29, 0.717) is 0 Å². The molecule has 5 nitrogen and oxygen atoms in total. The van der Waals surface area contributed by atoms with Gasteiger partial charge in [-0.25, -0.2) is 4.68 Å². The van der Waals surface area contributed by atoms with Gasteiger partial charge in [-0.05, 0) is 45.0 Å². The highest BCUT2D eigenvalue weighted by Gasteiger charge is 2.16. The molecule has 0 saturated carbocycles. The molecular formula is C23H27N5. The van der Waals surface area contributed by atoms with Crippen LogP contribution < -0.4 is 4.90 Å². The Morgan fingerprint density at radius 3 is 2.18 bits per heavy atom. The van der Waals surface area contributed by atoms with E-state index in [-0.39, 0.29) is 0 Å². The first-order chi connectivity index (χ1) is 13.6. The number of nitrogens with zero attached hydrogens (tertiary/aromatic N) is 5. The lowest BCUT2D eigenvalue weighted by Gasteiger charge is -2.34. The molecule has 0 N–H and O–H groups in total. The van der Waals surface area contributed by atoms with Crippen LogP contribution in [-0.2, 0) is 0 Å². The molecule has 0 amide bonds. The minimum Gasteiger partial charge on any atom is -0.368 e. The highest BCUT2D eigenvalue weighted by molar-refractivity contribution is 5.82. The predicted octanol–water partition coefficient (Wildman–Crippen LogP) is 3.95. The summed E-state index contributed by atoms with van der Waals surface area (Å²) < 4.78 is 1.99. The number of hydrazone groups is 1. The van der Waals surface area contributed by atoms with Crippen molar-refractivity contribution in [1.29, 1.82) is 0 Å². The highest BCUT2D eigenvalue weighted by Crippen LogP contribution is 2.18. The molecule has 144 valence electrons. The van der Waals surface area contributed by atoms with Crippen molar-refractivity contribution in [2.75, 3.05) is 31.1 Å². The highest BCUT2D eigenvalue weighted by atomic mass is 15.5. The molecule has 0 radical (unpaired) electrons. The van der Waals surface area contributed by atoms with E-state index >= 15 is 0 Å². The van der Waals surface area contributed by atoms with Gasteiger partial charge in [-0.1, -0.05) is 35.9 Å². The second kappa shape index (κ2) is 7.89. The Morgan fingerprint density at radius 1 is 0.821 bits per heavy atom. The van der Waals surface area contributed by atoms with E-state index in [1.807, 2.05) is 36.0 Å². The van der Waals surface area contributed by atoms with Gasteiger partial charge >= 0.3 is 0 Å². The van der Waals surface area contributed by atoms with Crippen molar-refractivity contribution < 1.29 is 0 Å². The number of anilines is 1. The minimum atomic E-state index is 0.926. The van der Waals surface area contributed by atoms with Crippen molar-refractivity contribution >= 4 is 11.9 Å². The van der Waals surface area contributed by atoms with E-state index in [1.54, 1.807) is 0 Å². The Morgan fingerprint density at radius 2 is 1.50 bits per heavy atom. The second-order valence-corrected chi connectivity index (χ2v) is 7.35. The third kappa shape index (κ3) is 3.79. The smallest absolute Gasteiger partial charge is 0.0689 e. The van der Waals surface area contributed by atoms with E-state index in [4.69, 9.17) is 10.2 Å². The van der Waals surface area contributed by atoms with Gasteiger partial charge in [0.25, 0.3) is 0 Å². The van der Waals surface area contributed by atoms with E-state index in [0.717, 1.165) is 48.8 Å². The lowest BCUT2D eigenvalue weighted by molar-refractivity contribution is 0.272. The van der Waals surface area contributed by atoms with Crippen LogP contribution in [0, 0.1) is 20.8 Å². The molecule has 28 heavy (non-hydrogen) atoms. The maximum absolute atomic E-state index is 4.75. The number of aryl methyl sites for hydroxylation is 2. The summed E-state index contributed by atoms with van der Waals surface area (Å²) in [5.41, 5.74) is 6.90.